The van der Waals surface area contributed by atoms with Crippen molar-refractivity contribution in [3.05, 3.63) is 39.4 Å². The molecule has 0 heterocycles. The van der Waals surface area contributed by atoms with E-state index in [1.807, 2.05) is 20.8 Å². The number of nitrogens with two attached hydrogens (primary N) is 1. The summed E-state index contributed by atoms with van der Waals surface area (Å²) in [6, 6.07) is 3.96. The van der Waals surface area contributed by atoms with E-state index < -0.39 is 11.0 Å². The molecule has 1 amide bonds. The van der Waals surface area contributed by atoms with Gasteiger partial charge in [-0.25, -0.2) is 0 Å². The lowest BCUT2D eigenvalue weighted by Crippen LogP contribution is -2.49. The van der Waals surface area contributed by atoms with Gasteiger partial charge in [-0.2, -0.15) is 0 Å². The molecule has 0 fully saturated rings. The molecular weight excluding hydrogens is 270 g/mol. The number of aryl methyl sites for hydroxylation is 1. The van der Waals surface area contributed by atoms with Crippen LogP contribution in [0.25, 0.3) is 0 Å². The second kappa shape index (κ2) is 6.22. The maximum atomic E-state index is 12.1. The summed E-state index contributed by atoms with van der Waals surface area (Å²) in [6.07, 6.45) is 0. The molecule has 0 saturated heterocycles. The molecule has 116 valence electrons. The Morgan fingerprint density at radius 3 is 2.43 bits per heavy atom. The summed E-state index contributed by atoms with van der Waals surface area (Å²) < 4.78 is 0. The average Bonchev–Trinajstić information content (AvgIpc) is 2.36. The van der Waals surface area contributed by atoms with Crippen LogP contribution in [0.2, 0.25) is 0 Å². The molecule has 0 aliphatic carbocycles. The highest BCUT2D eigenvalue weighted by molar-refractivity contribution is 5.82. The van der Waals surface area contributed by atoms with E-state index >= 15 is 0 Å². The number of nitro benzene ring substituents is 1. The van der Waals surface area contributed by atoms with E-state index in [9.17, 15) is 14.9 Å². The summed E-state index contributed by atoms with van der Waals surface area (Å²) >= 11 is 0. The Labute approximate surface area is 124 Å². The van der Waals surface area contributed by atoms with Gasteiger partial charge in [0.25, 0.3) is 5.69 Å². The zero-order chi connectivity index (χ0) is 16.4. The van der Waals surface area contributed by atoms with Gasteiger partial charge in [-0.15, -0.1) is 0 Å². The number of benzene rings is 1. The molecule has 2 atom stereocenters. The number of rotatable bonds is 4. The molecule has 0 bridgehead atoms. The minimum Gasteiger partial charge on any atom is -0.348 e. The van der Waals surface area contributed by atoms with E-state index in [4.69, 9.17) is 5.73 Å². The first-order valence-corrected chi connectivity index (χ1v) is 6.85. The van der Waals surface area contributed by atoms with Crippen molar-refractivity contribution >= 4 is 11.6 Å². The standard InChI is InChI=1S/C15H23N3O3/c1-9-6-7-11(8-12(9)18(20)21)10(2)17-14(19)13(16)15(3,4)5/h6-8,10,13H,16H2,1-5H3,(H,17,19)/t10?,13-/m1/s1. The van der Waals surface area contributed by atoms with Crippen LogP contribution in [0.15, 0.2) is 18.2 Å². The fraction of sp³-hybridized carbons (Fsp3) is 0.533. The normalized spacial score (nSPS) is 14.4. The van der Waals surface area contributed by atoms with Crippen LogP contribution in [0, 0.1) is 22.5 Å². The van der Waals surface area contributed by atoms with E-state index in [0.29, 0.717) is 11.1 Å². The van der Waals surface area contributed by atoms with Crippen molar-refractivity contribution < 1.29 is 9.72 Å². The summed E-state index contributed by atoms with van der Waals surface area (Å²) in [6.45, 7) is 9.12. The maximum Gasteiger partial charge on any atom is 0.272 e. The molecule has 0 aliphatic heterocycles. The predicted molar refractivity (Wildman–Crippen MR) is 81.8 cm³/mol. The summed E-state index contributed by atoms with van der Waals surface area (Å²) in [4.78, 5) is 22.6. The van der Waals surface area contributed by atoms with Gasteiger partial charge in [0.05, 0.1) is 17.0 Å². The van der Waals surface area contributed by atoms with Gasteiger partial charge in [-0.1, -0.05) is 32.9 Å². The predicted octanol–water partition coefficient (Wildman–Crippen LogP) is 2.45. The fourth-order valence-corrected chi connectivity index (χ4v) is 1.87. The molecule has 6 nitrogen and oxygen atoms in total. The number of amides is 1. The van der Waals surface area contributed by atoms with Crippen LogP contribution in [-0.4, -0.2) is 16.9 Å². The number of nitrogens with one attached hydrogen (secondary N) is 1. The highest BCUT2D eigenvalue weighted by Gasteiger charge is 2.28. The third-order valence-electron chi connectivity index (χ3n) is 3.50. The van der Waals surface area contributed by atoms with Crippen LogP contribution < -0.4 is 11.1 Å². The average molecular weight is 293 g/mol. The molecule has 0 radical (unpaired) electrons. The van der Waals surface area contributed by atoms with Crippen molar-refractivity contribution in [1.29, 1.82) is 0 Å². The number of carbonyl (C=O) groups is 1. The first-order chi connectivity index (χ1) is 9.54. The van der Waals surface area contributed by atoms with Crippen LogP contribution >= 0.6 is 0 Å². The van der Waals surface area contributed by atoms with Gasteiger partial charge in [-0.05, 0) is 24.8 Å². The number of carbonyl (C=O) groups excluding carboxylic acids is 1. The first-order valence-electron chi connectivity index (χ1n) is 6.85. The van der Waals surface area contributed by atoms with Gasteiger partial charge in [0, 0.05) is 11.6 Å². The van der Waals surface area contributed by atoms with Crippen molar-refractivity contribution in [3.63, 3.8) is 0 Å². The number of hydrogen-bond acceptors (Lipinski definition) is 4. The largest absolute Gasteiger partial charge is 0.348 e. The van der Waals surface area contributed by atoms with E-state index in [1.165, 1.54) is 6.07 Å². The van der Waals surface area contributed by atoms with Crippen molar-refractivity contribution in [1.82, 2.24) is 5.32 Å². The second-order valence-electron chi connectivity index (χ2n) is 6.38. The van der Waals surface area contributed by atoms with Crippen LogP contribution in [0.3, 0.4) is 0 Å². The molecule has 0 aliphatic rings. The number of nitrogens with zero attached hydrogens (tertiary/aromatic N) is 1. The summed E-state index contributed by atoms with van der Waals surface area (Å²) in [5.74, 6) is -0.266. The van der Waals surface area contributed by atoms with Crippen molar-refractivity contribution in [2.24, 2.45) is 11.1 Å². The second-order valence-corrected chi connectivity index (χ2v) is 6.38. The third kappa shape index (κ3) is 4.26. The number of hydrogen-bond donors (Lipinski definition) is 2. The van der Waals surface area contributed by atoms with Gasteiger partial charge >= 0.3 is 0 Å². The van der Waals surface area contributed by atoms with E-state index in [1.54, 1.807) is 26.0 Å². The topological polar surface area (TPSA) is 98.3 Å². The Bertz CT molecular complexity index is 550. The van der Waals surface area contributed by atoms with E-state index in [0.717, 1.165) is 0 Å². The van der Waals surface area contributed by atoms with Crippen molar-refractivity contribution in [2.45, 2.75) is 46.7 Å². The minimum absolute atomic E-state index is 0.0497. The third-order valence-corrected chi connectivity index (χ3v) is 3.50. The highest BCUT2D eigenvalue weighted by atomic mass is 16.6. The van der Waals surface area contributed by atoms with Crippen LogP contribution in [-0.2, 0) is 4.79 Å². The maximum absolute atomic E-state index is 12.1. The Hall–Kier alpha value is -1.95. The summed E-state index contributed by atoms with van der Waals surface area (Å²) in [5.41, 5.74) is 6.88. The van der Waals surface area contributed by atoms with Gasteiger partial charge in [0.1, 0.15) is 0 Å². The van der Waals surface area contributed by atoms with Gasteiger partial charge in [0.15, 0.2) is 0 Å². The lowest BCUT2D eigenvalue weighted by Gasteiger charge is -2.27. The molecule has 1 aromatic carbocycles. The van der Waals surface area contributed by atoms with Crippen LogP contribution in [0.5, 0.6) is 0 Å². The van der Waals surface area contributed by atoms with E-state index in [-0.39, 0.29) is 23.1 Å². The molecule has 21 heavy (non-hydrogen) atoms. The summed E-state index contributed by atoms with van der Waals surface area (Å²) in [5, 5.41) is 13.8. The van der Waals surface area contributed by atoms with E-state index in [2.05, 4.69) is 5.32 Å². The smallest absolute Gasteiger partial charge is 0.272 e. The molecular formula is C15H23N3O3. The van der Waals surface area contributed by atoms with Crippen molar-refractivity contribution in [3.8, 4) is 0 Å². The monoisotopic (exact) mass is 293 g/mol. The SMILES string of the molecule is Cc1ccc(C(C)NC(=O)[C@@H](N)C(C)(C)C)cc1[N+](=O)[O-]. The molecule has 1 rings (SSSR count). The van der Waals surface area contributed by atoms with Gasteiger partial charge < -0.3 is 11.1 Å². The molecule has 1 aromatic rings. The van der Waals surface area contributed by atoms with Gasteiger partial charge in [0.2, 0.25) is 5.91 Å². The molecule has 0 saturated carbocycles. The Kier molecular flexibility index (Phi) is 5.06. The Morgan fingerprint density at radius 2 is 1.95 bits per heavy atom. The Balaban J connectivity index is 2.90. The molecule has 1 unspecified atom stereocenters. The summed E-state index contributed by atoms with van der Waals surface area (Å²) in [7, 11) is 0. The lowest BCUT2D eigenvalue weighted by atomic mass is 9.86. The molecule has 6 heteroatoms. The first kappa shape index (κ1) is 17.1. The number of nitro groups is 1. The Morgan fingerprint density at radius 1 is 1.38 bits per heavy atom. The highest BCUT2D eigenvalue weighted by Crippen LogP contribution is 2.24. The zero-order valence-electron chi connectivity index (χ0n) is 13.1. The zero-order valence-corrected chi connectivity index (χ0v) is 13.1. The minimum atomic E-state index is -0.639. The van der Waals surface area contributed by atoms with Crippen molar-refractivity contribution in [2.75, 3.05) is 0 Å². The fourth-order valence-electron chi connectivity index (χ4n) is 1.87. The van der Waals surface area contributed by atoms with Crippen LogP contribution in [0.4, 0.5) is 5.69 Å². The van der Waals surface area contributed by atoms with Crippen LogP contribution in [0.1, 0.15) is 44.9 Å². The molecule has 0 aromatic heterocycles. The van der Waals surface area contributed by atoms with Gasteiger partial charge in [-0.3, -0.25) is 14.9 Å². The molecule has 0 spiro atoms. The quantitative estimate of drug-likeness (QED) is 0.658. The lowest BCUT2D eigenvalue weighted by molar-refractivity contribution is -0.385. The molecule has 3 N–H and O–H groups in total.